The van der Waals surface area contributed by atoms with E-state index in [1.807, 2.05) is 0 Å². The lowest BCUT2D eigenvalue weighted by Gasteiger charge is -2.07. The summed E-state index contributed by atoms with van der Waals surface area (Å²) >= 11 is 0. The van der Waals surface area contributed by atoms with Crippen LogP contribution in [0.15, 0.2) is 41.1 Å². The Hall–Kier alpha value is -2.71. The Kier molecular flexibility index (Phi) is 2.93. The summed E-state index contributed by atoms with van der Waals surface area (Å²) in [6.45, 7) is -0.161. The van der Waals surface area contributed by atoms with Crippen molar-refractivity contribution in [3.8, 4) is 17.2 Å². The van der Waals surface area contributed by atoms with Gasteiger partial charge in [-0.25, -0.2) is 9.37 Å². The molecule has 0 atom stereocenters. The van der Waals surface area contributed by atoms with Crippen molar-refractivity contribution < 1.29 is 13.9 Å². The van der Waals surface area contributed by atoms with E-state index in [4.69, 9.17) is 9.68 Å². The van der Waals surface area contributed by atoms with Crippen LogP contribution in [0, 0.1) is 17.1 Å². The van der Waals surface area contributed by atoms with Crippen LogP contribution in [0.25, 0.3) is 22.1 Å². The van der Waals surface area contributed by atoms with Gasteiger partial charge in [-0.3, -0.25) is 0 Å². The second-order valence-electron chi connectivity index (χ2n) is 4.27. The van der Waals surface area contributed by atoms with Crippen molar-refractivity contribution in [1.82, 2.24) is 4.98 Å². The first-order valence-corrected chi connectivity index (χ1v) is 5.90. The molecule has 0 bridgehead atoms. The summed E-state index contributed by atoms with van der Waals surface area (Å²) in [6.07, 6.45) is 2.87. The van der Waals surface area contributed by atoms with Crippen LogP contribution in [0.2, 0.25) is 0 Å². The lowest BCUT2D eigenvalue weighted by molar-refractivity contribution is 0.282. The highest BCUT2D eigenvalue weighted by atomic mass is 19.1. The topological polar surface area (TPSA) is 70.0 Å². The van der Waals surface area contributed by atoms with Gasteiger partial charge in [0.25, 0.3) is 0 Å². The molecule has 0 radical (unpaired) electrons. The van der Waals surface area contributed by atoms with E-state index in [0.29, 0.717) is 16.7 Å². The highest BCUT2D eigenvalue weighted by Gasteiger charge is 2.16. The summed E-state index contributed by atoms with van der Waals surface area (Å²) in [7, 11) is 0. The van der Waals surface area contributed by atoms with Gasteiger partial charge in [-0.2, -0.15) is 5.26 Å². The highest BCUT2D eigenvalue weighted by molar-refractivity contribution is 5.93. The number of pyridine rings is 1. The number of rotatable bonds is 2. The van der Waals surface area contributed by atoms with E-state index in [9.17, 15) is 9.50 Å². The van der Waals surface area contributed by atoms with Crippen molar-refractivity contribution in [2.45, 2.75) is 6.61 Å². The summed E-state index contributed by atoms with van der Waals surface area (Å²) in [5, 5.41) is 18.9. The molecule has 0 saturated heterocycles. The molecule has 2 heterocycles. The number of hydrogen-bond donors (Lipinski definition) is 1. The van der Waals surface area contributed by atoms with Gasteiger partial charge in [-0.05, 0) is 29.8 Å². The van der Waals surface area contributed by atoms with Crippen LogP contribution in [-0.4, -0.2) is 10.1 Å². The molecule has 98 valence electrons. The first kappa shape index (κ1) is 12.3. The Morgan fingerprint density at radius 1 is 1.30 bits per heavy atom. The largest absolute Gasteiger partial charge is 0.464 e. The van der Waals surface area contributed by atoms with E-state index in [-0.39, 0.29) is 17.9 Å². The van der Waals surface area contributed by atoms with E-state index in [1.54, 1.807) is 24.3 Å². The fraction of sp³-hybridized carbons (Fsp3) is 0.0667. The van der Waals surface area contributed by atoms with Gasteiger partial charge < -0.3 is 9.52 Å². The van der Waals surface area contributed by atoms with E-state index in [1.165, 1.54) is 18.5 Å². The summed E-state index contributed by atoms with van der Waals surface area (Å²) < 4.78 is 19.6. The predicted octanol–water partition coefficient (Wildman–Crippen LogP) is 3.00. The quantitative estimate of drug-likeness (QED) is 0.775. The SMILES string of the molecule is N#Cc1nccc(-c2cc(CO)cc3ccoc23)c1F. The number of nitrogens with zero attached hydrogens (tertiary/aromatic N) is 2. The van der Waals surface area contributed by atoms with Crippen molar-refractivity contribution in [1.29, 1.82) is 5.26 Å². The molecule has 0 fully saturated rings. The second-order valence-corrected chi connectivity index (χ2v) is 4.27. The van der Waals surface area contributed by atoms with Gasteiger partial charge in [0.05, 0.1) is 12.9 Å². The third-order valence-corrected chi connectivity index (χ3v) is 3.08. The number of nitriles is 1. The van der Waals surface area contributed by atoms with Gasteiger partial charge >= 0.3 is 0 Å². The van der Waals surface area contributed by atoms with Gasteiger partial charge in [-0.15, -0.1) is 0 Å². The zero-order valence-electron chi connectivity index (χ0n) is 10.3. The molecule has 0 aliphatic heterocycles. The van der Waals surface area contributed by atoms with Gasteiger partial charge in [0.15, 0.2) is 11.5 Å². The molecule has 1 aromatic carbocycles. The Labute approximate surface area is 113 Å². The van der Waals surface area contributed by atoms with Crippen LogP contribution < -0.4 is 0 Å². The highest BCUT2D eigenvalue weighted by Crippen LogP contribution is 2.33. The number of benzene rings is 1. The molecule has 3 rings (SSSR count). The van der Waals surface area contributed by atoms with Crippen LogP contribution in [0.1, 0.15) is 11.3 Å². The smallest absolute Gasteiger partial charge is 0.176 e. The minimum absolute atomic E-state index is 0.161. The average molecular weight is 268 g/mol. The molecule has 0 saturated carbocycles. The summed E-state index contributed by atoms with van der Waals surface area (Å²) in [4.78, 5) is 3.68. The van der Waals surface area contributed by atoms with E-state index >= 15 is 0 Å². The molecule has 3 aromatic rings. The monoisotopic (exact) mass is 268 g/mol. The number of aromatic nitrogens is 1. The Bertz CT molecular complexity index is 833. The maximum atomic E-state index is 14.2. The maximum absolute atomic E-state index is 14.2. The van der Waals surface area contributed by atoms with E-state index in [2.05, 4.69) is 4.98 Å². The fourth-order valence-electron chi connectivity index (χ4n) is 2.17. The van der Waals surface area contributed by atoms with Crippen molar-refractivity contribution in [2.24, 2.45) is 0 Å². The number of furan rings is 1. The molecule has 4 nitrogen and oxygen atoms in total. The minimum Gasteiger partial charge on any atom is -0.464 e. The number of fused-ring (bicyclic) bond motifs is 1. The summed E-state index contributed by atoms with van der Waals surface area (Å²) in [5.74, 6) is -0.692. The summed E-state index contributed by atoms with van der Waals surface area (Å²) in [5.41, 5.74) is 1.61. The normalized spacial score (nSPS) is 10.7. The fourth-order valence-corrected chi connectivity index (χ4v) is 2.17. The van der Waals surface area contributed by atoms with Crippen LogP contribution in [-0.2, 0) is 6.61 Å². The first-order chi connectivity index (χ1) is 9.74. The van der Waals surface area contributed by atoms with Crippen LogP contribution in [0.5, 0.6) is 0 Å². The van der Waals surface area contributed by atoms with Crippen LogP contribution >= 0.6 is 0 Å². The van der Waals surface area contributed by atoms with Crippen LogP contribution in [0.3, 0.4) is 0 Å². The molecule has 0 aliphatic rings. The third kappa shape index (κ3) is 1.83. The van der Waals surface area contributed by atoms with Crippen LogP contribution in [0.4, 0.5) is 4.39 Å². The first-order valence-electron chi connectivity index (χ1n) is 5.90. The molecular formula is C15H9FN2O2. The van der Waals surface area contributed by atoms with Gasteiger partial charge in [0, 0.05) is 22.7 Å². The molecule has 1 N–H and O–H groups in total. The molecule has 5 heteroatoms. The standard InChI is InChI=1S/C15H9FN2O2/c16-14-11(1-3-18-13(14)7-17)12-6-9(8-19)5-10-2-4-20-15(10)12/h1-6,19H,8H2. The van der Waals surface area contributed by atoms with Gasteiger partial charge in [0.2, 0.25) is 0 Å². The zero-order valence-corrected chi connectivity index (χ0v) is 10.3. The molecule has 0 spiro atoms. The molecule has 0 unspecified atom stereocenters. The molecule has 0 aliphatic carbocycles. The average Bonchev–Trinajstić information content (AvgIpc) is 2.95. The number of halogens is 1. The molecule has 20 heavy (non-hydrogen) atoms. The molecular weight excluding hydrogens is 259 g/mol. The maximum Gasteiger partial charge on any atom is 0.176 e. The second kappa shape index (κ2) is 4.76. The number of aliphatic hydroxyl groups is 1. The third-order valence-electron chi connectivity index (χ3n) is 3.08. The number of aliphatic hydroxyl groups excluding tert-OH is 1. The van der Waals surface area contributed by atoms with E-state index in [0.717, 1.165) is 5.39 Å². The van der Waals surface area contributed by atoms with Crippen molar-refractivity contribution >= 4 is 11.0 Å². The summed E-state index contributed by atoms with van der Waals surface area (Å²) in [6, 6.07) is 8.34. The molecule has 2 aromatic heterocycles. The Morgan fingerprint density at radius 3 is 2.90 bits per heavy atom. The number of hydrogen-bond acceptors (Lipinski definition) is 4. The zero-order chi connectivity index (χ0) is 14.1. The molecule has 0 amide bonds. The van der Waals surface area contributed by atoms with Crippen molar-refractivity contribution in [3.63, 3.8) is 0 Å². The lowest BCUT2D eigenvalue weighted by Crippen LogP contribution is -1.94. The van der Waals surface area contributed by atoms with Gasteiger partial charge in [0.1, 0.15) is 11.7 Å². The lowest BCUT2D eigenvalue weighted by atomic mass is 10.0. The minimum atomic E-state index is -0.692. The van der Waals surface area contributed by atoms with Gasteiger partial charge in [-0.1, -0.05) is 0 Å². The van der Waals surface area contributed by atoms with Crippen molar-refractivity contribution in [3.05, 3.63) is 53.8 Å². The Morgan fingerprint density at radius 2 is 2.15 bits per heavy atom. The van der Waals surface area contributed by atoms with E-state index < -0.39 is 5.82 Å². The van der Waals surface area contributed by atoms with Crippen molar-refractivity contribution in [2.75, 3.05) is 0 Å². The Balaban J connectivity index is 2.34. The predicted molar refractivity (Wildman–Crippen MR) is 70.0 cm³/mol.